The largest absolute Gasteiger partial charge is 0.375 e. The van der Waals surface area contributed by atoms with Crippen molar-refractivity contribution in [3.8, 4) is 0 Å². The molecule has 0 radical (unpaired) electrons. The van der Waals surface area contributed by atoms with Crippen LogP contribution in [0.4, 0.5) is 0 Å². The number of aryl methyl sites for hydroxylation is 1. The lowest BCUT2D eigenvalue weighted by atomic mass is 9.71. The molecule has 2 aliphatic rings. The number of carbonyl (C=O) groups excluding carboxylic acids is 1. The number of hydrogen-bond donors (Lipinski definition) is 0. The first kappa shape index (κ1) is 13.8. The normalized spacial score (nSPS) is 24.3. The molecule has 1 heterocycles. The topological polar surface area (TPSA) is 26.3 Å². The molecule has 0 N–H and O–H groups in total. The first-order valence-corrected chi connectivity index (χ1v) is 7.98. The third-order valence-corrected chi connectivity index (χ3v) is 4.94. The van der Waals surface area contributed by atoms with E-state index in [0.717, 1.165) is 38.7 Å². The van der Waals surface area contributed by atoms with Crippen molar-refractivity contribution in [1.82, 2.24) is 0 Å². The Morgan fingerprint density at radius 1 is 1.25 bits per heavy atom. The highest BCUT2D eigenvalue weighted by atomic mass is 16.5. The van der Waals surface area contributed by atoms with Crippen molar-refractivity contribution in [3.05, 3.63) is 35.9 Å². The first-order valence-electron chi connectivity index (χ1n) is 7.98. The minimum atomic E-state index is 0.0952. The predicted octanol–water partition coefficient (Wildman–Crippen LogP) is 3.93. The summed E-state index contributed by atoms with van der Waals surface area (Å²) in [4.78, 5) is 12.4. The maximum atomic E-state index is 12.4. The third-order valence-electron chi connectivity index (χ3n) is 4.94. The second kappa shape index (κ2) is 6.09. The summed E-state index contributed by atoms with van der Waals surface area (Å²) in [5.74, 6) is 0.732. The van der Waals surface area contributed by atoms with Gasteiger partial charge in [-0.1, -0.05) is 30.3 Å². The lowest BCUT2D eigenvalue weighted by Crippen LogP contribution is -2.47. The Bertz CT molecular complexity index is 448. The number of ether oxygens (including phenoxy) is 1. The Hall–Kier alpha value is -1.15. The van der Waals surface area contributed by atoms with Crippen molar-refractivity contribution in [2.75, 3.05) is 6.61 Å². The average molecular weight is 272 g/mol. The van der Waals surface area contributed by atoms with E-state index in [4.69, 9.17) is 4.74 Å². The van der Waals surface area contributed by atoms with E-state index >= 15 is 0 Å². The molecule has 3 rings (SSSR count). The van der Waals surface area contributed by atoms with Crippen LogP contribution in [0, 0.1) is 5.92 Å². The van der Waals surface area contributed by atoms with Crippen molar-refractivity contribution >= 4 is 5.78 Å². The maximum Gasteiger partial charge on any atom is 0.136 e. The summed E-state index contributed by atoms with van der Waals surface area (Å²) < 4.78 is 5.90. The Morgan fingerprint density at radius 2 is 2.05 bits per heavy atom. The Labute approximate surface area is 121 Å². The van der Waals surface area contributed by atoms with Crippen LogP contribution >= 0.6 is 0 Å². The lowest BCUT2D eigenvalue weighted by molar-refractivity contribution is -0.155. The molecule has 1 saturated heterocycles. The van der Waals surface area contributed by atoms with E-state index in [0.29, 0.717) is 5.78 Å². The van der Waals surface area contributed by atoms with E-state index in [1.54, 1.807) is 0 Å². The highest BCUT2D eigenvalue weighted by Gasteiger charge is 2.43. The van der Waals surface area contributed by atoms with E-state index in [2.05, 4.69) is 24.3 Å². The minimum Gasteiger partial charge on any atom is -0.375 e. The number of carbonyl (C=O) groups is 1. The molecule has 2 nitrogen and oxygen atoms in total. The molecule has 108 valence electrons. The van der Waals surface area contributed by atoms with E-state index in [1.165, 1.54) is 24.8 Å². The van der Waals surface area contributed by atoms with Gasteiger partial charge in [-0.2, -0.15) is 0 Å². The molecule has 20 heavy (non-hydrogen) atoms. The van der Waals surface area contributed by atoms with Gasteiger partial charge in [0.25, 0.3) is 0 Å². The van der Waals surface area contributed by atoms with Crippen molar-refractivity contribution in [1.29, 1.82) is 0 Å². The van der Waals surface area contributed by atoms with Gasteiger partial charge in [0.05, 0.1) is 5.60 Å². The Balaban J connectivity index is 1.44. The zero-order chi connectivity index (χ0) is 13.8. The fourth-order valence-electron chi connectivity index (χ4n) is 3.54. The van der Waals surface area contributed by atoms with Crippen LogP contribution in [0.1, 0.15) is 50.5 Å². The molecule has 0 bridgehead atoms. The highest BCUT2D eigenvalue weighted by Crippen LogP contribution is 2.44. The molecule has 1 aromatic rings. The summed E-state index contributed by atoms with van der Waals surface area (Å²) in [6, 6.07) is 10.4. The fraction of sp³-hybridized carbons (Fsp3) is 0.611. The summed E-state index contributed by atoms with van der Waals surface area (Å²) in [6.45, 7) is 0.787. The number of benzene rings is 1. The lowest BCUT2D eigenvalue weighted by Gasteiger charge is -2.46. The number of ketones is 1. The summed E-state index contributed by atoms with van der Waals surface area (Å²) in [5.41, 5.74) is 1.43. The van der Waals surface area contributed by atoms with Gasteiger partial charge in [-0.05, 0) is 50.5 Å². The molecule has 1 spiro atoms. The van der Waals surface area contributed by atoms with Gasteiger partial charge in [-0.25, -0.2) is 0 Å². The van der Waals surface area contributed by atoms with Crippen LogP contribution < -0.4 is 0 Å². The predicted molar refractivity (Wildman–Crippen MR) is 79.6 cm³/mol. The molecule has 1 atom stereocenters. The average Bonchev–Trinajstić information content (AvgIpc) is 2.47. The van der Waals surface area contributed by atoms with Crippen molar-refractivity contribution < 1.29 is 9.53 Å². The molecule has 0 aromatic heterocycles. The Morgan fingerprint density at radius 3 is 2.75 bits per heavy atom. The molecule has 1 saturated carbocycles. The molecule has 2 heteroatoms. The third kappa shape index (κ3) is 3.12. The van der Waals surface area contributed by atoms with Crippen LogP contribution in [-0.2, 0) is 16.0 Å². The molecule has 1 aliphatic carbocycles. The van der Waals surface area contributed by atoms with Crippen LogP contribution in [0.5, 0.6) is 0 Å². The van der Waals surface area contributed by atoms with E-state index in [1.807, 2.05) is 6.07 Å². The summed E-state index contributed by atoms with van der Waals surface area (Å²) >= 11 is 0. The van der Waals surface area contributed by atoms with E-state index in [-0.39, 0.29) is 11.5 Å². The maximum absolute atomic E-state index is 12.4. The quantitative estimate of drug-likeness (QED) is 0.812. The fourth-order valence-corrected chi connectivity index (χ4v) is 3.54. The molecule has 1 unspecified atom stereocenters. The molecule has 0 amide bonds. The second-order valence-corrected chi connectivity index (χ2v) is 6.38. The molecular formula is C18H24O2. The second-order valence-electron chi connectivity index (χ2n) is 6.38. The molecular weight excluding hydrogens is 248 g/mol. The van der Waals surface area contributed by atoms with Gasteiger partial charge in [0.15, 0.2) is 0 Å². The molecule has 1 aromatic carbocycles. The van der Waals surface area contributed by atoms with Gasteiger partial charge in [0.1, 0.15) is 5.78 Å². The minimum absolute atomic E-state index is 0.0952. The first-order chi connectivity index (χ1) is 9.77. The van der Waals surface area contributed by atoms with Crippen molar-refractivity contribution in [2.24, 2.45) is 5.92 Å². The summed E-state index contributed by atoms with van der Waals surface area (Å²) in [7, 11) is 0. The Kier molecular flexibility index (Phi) is 4.21. The zero-order valence-corrected chi connectivity index (χ0v) is 12.1. The van der Waals surface area contributed by atoms with Gasteiger partial charge in [0.2, 0.25) is 0 Å². The van der Waals surface area contributed by atoms with Crippen LogP contribution in [0.3, 0.4) is 0 Å². The smallest absolute Gasteiger partial charge is 0.136 e. The van der Waals surface area contributed by atoms with Crippen LogP contribution in [0.25, 0.3) is 0 Å². The van der Waals surface area contributed by atoms with Gasteiger partial charge < -0.3 is 4.74 Å². The molecule has 1 aliphatic heterocycles. The summed E-state index contributed by atoms with van der Waals surface area (Å²) in [6.07, 6.45) is 8.25. The van der Waals surface area contributed by atoms with Crippen LogP contribution in [0.2, 0.25) is 0 Å². The van der Waals surface area contributed by atoms with E-state index in [9.17, 15) is 4.79 Å². The van der Waals surface area contributed by atoms with Gasteiger partial charge in [-0.3, -0.25) is 4.79 Å². The van der Waals surface area contributed by atoms with Gasteiger partial charge in [-0.15, -0.1) is 0 Å². The number of rotatable bonds is 5. The van der Waals surface area contributed by atoms with E-state index < -0.39 is 0 Å². The van der Waals surface area contributed by atoms with Crippen LogP contribution in [0.15, 0.2) is 30.3 Å². The number of Topliss-reactive ketones (excluding diaryl/α,β-unsaturated/α-hetero) is 1. The highest BCUT2D eigenvalue weighted by molar-refractivity contribution is 5.81. The van der Waals surface area contributed by atoms with Gasteiger partial charge in [0, 0.05) is 18.9 Å². The van der Waals surface area contributed by atoms with Crippen LogP contribution in [-0.4, -0.2) is 18.0 Å². The number of hydrogen-bond acceptors (Lipinski definition) is 2. The standard InChI is InChI=1S/C18H24O2/c19-17(9-4-8-15-6-2-1-3-7-15)16-10-13-20-18(14-16)11-5-12-18/h1-3,6-7,16H,4-5,8-14H2. The summed E-state index contributed by atoms with van der Waals surface area (Å²) in [5, 5.41) is 0. The SMILES string of the molecule is O=C(CCCc1ccccc1)C1CCOC2(CCC2)C1. The van der Waals surface area contributed by atoms with Crippen molar-refractivity contribution in [2.45, 2.75) is 57.0 Å². The monoisotopic (exact) mass is 272 g/mol. The van der Waals surface area contributed by atoms with Gasteiger partial charge >= 0.3 is 0 Å². The zero-order valence-electron chi connectivity index (χ0n) is 12.1. The molecule has 2 fully saturated rings. The van der Waals surface area contributed by atoms with Crippen molar-refractivity contribution in [3.63, 3.8) is 0 Å².